The standard InChI is InChI=1S/C18H16Br2F4O/c19-13-7-11(17(23)15(21)9-13)3-1-5-25-6-2-4-12-8-14(20)10-16(22)18(12)24/h7-10H,1-6H2. The highest BCUT2D eigenvalue weighted by Crippen LogP contribution is 2.21. The van der Waals surface area contributed by atoms with Gasteiger partial charge in [0.05, 0.1) is 0 Å². The van der Waals surface area contributed by atoms with E-state index < -0.39 is 23.3 Å². The van der Waals surface area contributed by atoms with Crippen molar-refractivity contribution in [1.82, 2.24) is 0 Å². The van der Waals surface area contributed by atoms with Gasteiger partial charge in [-0.15, -0.1) is 0 Å². The number of rotatable bonds is 8. The van der Waals surface area contributed by atoms with Crippen LogP contribution in [0.1, 0.15) is 24.0 Å². The first-order chi connectivity index (χ1) is 11.9. The molecule has 0 aliphatic rings. The molecule has 0 heterocycles. The SMILES string of the molecule is Fc1cc(Br)cc(CCCOCCCc2cc(Br)cc(F)c2F)c1F. The fraction of sp³-hybridized carbons (Fsp3) is 0.333. The van der Waals surface area contributed by atoms with Gasteiger partial charge in [0.25, 0.3) is 0 Å². The van der Waals surface area contributed by atoms with Crippen LogP contribution in [-0.2, 0) is 17.6 Å². The predicted molar refractivity (Wildman–Crippen MR) is 95.6 cm³/mol. The number of ether oxygens (including phenoxy) is 1. The summed E-state index contributed by atoms with van der Waals surface area (Å²) in [5, 5.41) is 0. The zero-order valence-corrected chi connectivity index (χ0v) is 16.4. The number of halogens is 6. The summed E-state index contributed by atoms with van der Waals surface area (Å²) in [5.41, 5.74) is 0.587. The van der Waals surface area contributed by atoms with Crippen LogP contribution in [0.15, 0.2) is 33.2 Å². The molecule has 0 radical (unpaired) electrons. The number of benzene rings is 2. The van der Waals surface area contributed by atoms with Crippen LogP contribution in [0.4, 0.5) is 17.6 Å². The zero-order valence-electron chi connectivity index (χ0n) is 13.2. The Morgan fingerprint density at radius 1 is 0.680 bits per heavy atom. The lowest BCUT2D eigenvalue weighted by atomic mass is 10.1. The minimum absolute atomic E-state index is 0.294. The van der Waals surface area contributed by atoms with E-state index in [0.717, 1.165) is 12.1 Å². The summed E-state index contributed by atoms with van der Waals surface area (Å²) in [7, 11) is 0. The highest BCUT2D eigenvalue weighted by Gasteiger charge is 2.11. The molecule has 25 heavy (non-hydrogen) atoms. The largest absolute Gasteiger partial charge is 0.381 e. The lowest BCUT2D eigenvalue weighted by molar-refractivity contribution is 0.129. The molecule has 0 atom stereocenters. The molecule has 0 fully saturated rings. The average molecular weight is 484 g/mol. The quantitative estimate of drug-likeness (QED) is 0.241. The number of hydrogen-bond donors (Lipinski definition) is 0. The number of hydrogen-bond acceptors (Lipinski definition) is 1. The molecule has 2 rings (SSSR count). The van der Waals surface area contributed by atoms with Crippen LogP contribution in [0.25, 0.3) is 0 Å². The predicted octanol–water partition coefficient (Wildman–Crippen LogP) is 6.35. The van der Waals surface area contributed by atoms with Crippen LogP contribution in [0.5, 0.6) is 0 Å². The van der Waals surface area contributed by atoms with Crippen molar-refractivity contribution in [2.45, 2.75) is 25.7 Å². The smallest absolute Gasteiger partial charge is 0.162 e. The summed E-state index contributed by atoms with van der Waals surface area (Å²) >= 11 is 6.26. The van der Waals surface area contributed by atoms with E-state index in [0.29, 0.717) is 59.0 Å². The third kappa shape index (κ3) is 6.08. The molecule has 0 aliphatic carbocycles. The normalized spacial score (nSPS) is 11.1. The fourth-order valence-corrected chi connectivity index (χ4v) is 3.37. The molecular formula is C18H16Br2F4O. The van der Waals surface area contributed by atoms with E-state index in [1.54, 1.807) is 12.1 Å². The van der Waals surface area contributed by atoms with E-state index in [9.17, 15) is 17.6 Å². The molecule has 0 aromatic heterocycles. The Hall–Kier alpha value is -0.920. The molecule has 7 heteroatoms. The molecule has 0 aliphatic heterocycles. The topological polar surface area (TPSA) is 9.23 Å². The van der Waals surface area contributed by atoms with Gasteiger partial charge in [-0.05, 0) is 61.1 Å². The second-order valence-electron chi connectivity index (χ2n) is 5.54. The molecule has 0 saturated heterocycles. The van der Waals surface area contributed by atoms with Crippen molar-refractivity contribution < 1.29 is 22.3 Å². The van der Waals surface area contributed by atoms with Gasteiger partial charge in [0, 0.05) is 22.2 Å². The second-order valence-corrected chi connectivity index (χ2v) is 7.37. The van der Waals surface area contributed by atoms with E-state index >= 15 is 0 Å². The Bertz CT molecular complexity index is 676. The lowest BCUT2D eigenvalue weighted by Gasteiger charge is -2.08. The average Bonchev–Trinajstić information content (AvgIpc) is 2.55. The third-order valence-electron chi connectivity index (χ3n) is 3.61. The minimum Gasteiger partial charge on any atom is -0.381 e. The van der Waals surface area contributed by atoms with Crippen molar-refractivity contribution in [3.63, 3.8) is 0 Å². The van der Waals surface area contributed by atoms with Gasteiger partial charge in [0.15, 0.2) is 23.3 Å². The maximum absolute atomic E-state index is 13.6. The molecule has 2 aromatic carbocycles. The van der Waals surface area contributed by atoms with E-state index in [-0.39, 0.29) is 0 Å². The van der Waals surface area contributed by atoms with Gasteiger partial charge in [0.2, 0.25) is 0 Å². The van der Waals surface area contributed by atoms with Crippen LogP contribution >= 0.6 is 31.9 Å². The van der Waals surface area contributed by atoms with Crippen molar-refractivity contribution in [2.75, 3.05) is 13.2 Å². The third-order valence-corrected chi connectivity index (χ3v) is 4.52. The summed E-state index contributed by atoms with van der Waals surface area (Å²) in [6.45, 7) is 0.756. The van der Waals surface area contributed by atoms with Crippen molar-refractivity contribution >= 4 is 31.9 Å². The van der Waals surface area contributed by atoms with E-state index in [4.69, 9.17) is 4.74 Å². The van der Waals surface area contributed by atoms with Crippen LogP contribution in [-0.4, -0.2) is 13.2 Å². The summed E-state index contributed by atoms with van der Waals surface area (Å²) in [5.74, 6) is -3.44. The minimum atomic E-state index is -0.881. The van der Waals surface area contributed by atoms with E-state index in [1.807, 2.05) is 0 Å². The second kappa shape index (κ2) is 9.69. The summed E-state index contributed by atoms with van der Waals surface area (Å²) in [6, 6.07) is 5.25. The summed E-state index contributed by atoms with van der Waals surface area (Å²) < 4.78 is 60.1. The Labute approximate surface area is 160 Å². The van der Waals surface area contributed by atoms with Gasteiger partial charge in [-0.3, -0.25) is 0 Å². The van der Waals surface area contributed by atoms with Gasteiger partial charge < -0.3 is 4.74 Å². The molecule has 1 nitrogen and oxygen atoms in total. The Kier molecular flexibility index (Phi) is 7.90. The van der Waals surface area contributed by atoms with E-state index in [2.05, 4.69) is 31.9 Å². The van der Waals surface area contributed by atoms with Crippen molar-refractivity contribution in [3.8, 4) is 0 Å². The first kappa shape index (κ1) is 20.4. The molecule has 136 valence electrons. The monoisotopic (exact) mass is 482 g/mol. The van der Waals surface area contributed by atoms with Crippen molar-refractivity contribution in [3.05, 3.63) is 67.6 Å². The van der Waals surface area contributed by atoms with E-state index in [1.165, 1.54) is 0 Å². The lowest BCUT2D eigenvalue weighted by Crippen LogP contribution is -2.03. The van der Waals surface area contributed by atoms with Crippen LogP contribution in [0, 0.1) is 23.3 Å². The Balaban J connectivity index is 1.69. The van der Waals surface area contributed by atoms with Crippen LogP contribution < -0.4 is 0 Å². The molecule has 0 spiro atoms. The van der Waals surface area contributed by atoms with Gasteiger partial charge in [-0.25, -0.2) is 17.6 Å². The van der Waals surface area contributed by atoms with Crippen LogP contribution in [0.2, 0.25) is 0 Å². The highest BCUT2D eigenvalue weighted by atomic mass is 79.9. The molecule has 0 amide bonds. The molecule has 0 unspecified atom stereocenters. The fourth-order valence-electron chi connectivity index (χ4n) is 2.41. The molecule has 0 bridgehead atoms. The van der Waals surface area contributed by atoms with Crippen molar-refractivity contribution in [1.29, 1.82) is 0 Å². The summed E-state index contributed by atoms with van der Waals surface area (Å²) in [6.07, 6.45) is 1.78. The summed E-state index contributed by atoms with van der Waals surface area (Å²) in [4.78, 5) is 0. The molecular weight excluding hydrogens is 468 g/mol. The van der Waals surface area contributed by atoms with Gasteiger partial charge >= 0.3 is 0 Å². The molecule has 2 aromatic rings. The zero-order chi connectivity index (χ0) is 18.4. The molecule has 0 saturated carbocycles. The maximum Gasteiger partial charge on any atom is 0.162 e. The van der Waals surface area contributed by atoms with Crippen LogP contribution in [0.3, 0.4) is 0 Å². The van der Waals surface area contributed by atoms with Crippen molar-refractivity contribution in [2.24, 2.45) is 0 Å². The van der Waals surface area contributed by atoms with Gasteiger partial charge in [-0.1, -0.05) is 31.9 Å². The number of aryl methyl sites for hydroxylation is 2. The van der Waals surface area contributed by atoms with Gasteiger partial charge in [0.1, 0.15) is 0 Å². The molecule has 0 N–H and O–H groups in total. The highest BCUT2D eigenvalue weighted by molar-refractivity contribution is 9.10. The maximum atomic E-state index is 13.6. The Morgan fingerprint density at radius 2 is 1.08 bits per heavy atom. The first-order valence-corrected chi connectivity index (χ1v) is 9.31. The Morgan fingerprint density at radius 3 is 1.48 bits per heavy atom. The first-order valence-electron chi connectivity index (χ1n) is 7.73. The van der Waals surface area contributed by atoms with Gasteiger partial charge in [-0.2, -0.15) is 0 Å².